The molecule has 2 aromatic heterocycles. The number of hydrogen-bond donors (Lipinski definition) is 0. The van der Waals surface area contributed by atoms with E-state index in [1.807, 2.05) is 0 Å². The van der Waals surface area contributed by atoms with Gasteiger partial charge in [0.15, 0.2) is 0 Å². The maximum absolute atomic E-state index is 3.62. The molecule has 0 bridgehead atoms. The maximum atomic E-state index is 3.62. The minimum atomic E-state index is 0.208. The van der Waals surface area contributed by atoms with Crippen LogP contribution in [0.5, 0.6) is 0 Å². The summed E-state index contributed by atoms with van der Waals surface area (Å²) in [5.41, 5.74) is 4.09. The maximum Gasteiger partial charge on any atom is 0.0921 e. The molecule has 2 heteroatoms. The third-order valence-electron chi connectivity index (χ3n) is 2.76. The molecule has 0 fully saturated rings. The van der Waals surface area contributed by atoms with Crippen LogP contribution in [0, 0.1) is 6.92 Å². The van der Waals surface area contributed by atoms with Gasteiger partial charge in [0.2, 0.25) is 0 Å². The van der Waals surface area contributed by atoms with E-state index in [1.165, 1.54) is 16.6 Å². The molecular formula is C13H16BrN. The number of fused-ring (bicyclic) bond motifs is 1. The van der Waals surface area contributed by atoms with Crippen molar-refractivity contribution in [2.45, 2.75) is 33.1 Å². The highest BCUT2D eigenvalue weighted by Crippen LogP contribution is 2.27. The van der Waals surface area contributed by atoms with E-state index in [9.17, 15) is 0 Å². The second kappa shape index (κ2) is 3.38. The first kappa shape index (κ1) is 10.7. The van der Waals surface area contributed by atoms with Crippen LogP contribution in [-0.4, -0.2) is 4.40 Å². The van der Waals surface area contributed by atoms with Gasteiger partial charge >= 0.3 is 0 Å². The first-order valence-corrected chi connectivity index (χ1v) is 5.96. The molecule has 0 aliphatic carbocycles. The molecule has 2 aromatic rings. The van der Waals surface area contributed by atoms with Gasteiger partial charge in [-0.15, -0.1) is 0 Å². The summed E-state index contributed by atoms with van der Waals surface area (Å²) in [7, 11) is 0. The Labute approximate surface area is 99.2 Å². The smallest absolute Gasteiger partial charge is 0.0921 e. The first-order chi connectivity index (χ1) is 6.89. The Morgan fingerprint density at radius 1 is 1.20 bits per heavy atom. The molecule has 0 saturated heterocycles. The van der Waals surface area contributed by atoms with Gasteiger partial charge in [0, 0.05) is 11.7 Å². The van der Waals surface area contributed by atoms with Crippen LogP contribution in [0.15, 0.2) is 29.0 Å². The Morgan fingerprint density at radius 2 is 1.87 bits per heavy atom. The van der Waals surface area contributed by atoms with Gasteiger partial charge in [-0.25, -0.2) is 0 Å². The van der Waals surface area contributed by atoms with Crippen molar-refractivity contribution in [1.82, 2.24) is 4.40 Å². The van der Waals surface area contributed by atoms with E-state index < -0.39 is 0 Å². The van der Waals surface area contributed by atoms with Crippen LogP contribution in [0.3, 0.4) is 0 Å². The van der Waals surface area contributed by atoms with Gasteiger partial charge in [-0.2, -0.15) is 0 Å². The van der Waals surface area contributed by atoms with E-state index in [2.05, 4.69) is 72.4 Å². The van der Waals surface area contributed by atoms with Crippen LogP contribution >= 0.6 is 15.9 Å². The number of halogens is 1. The lowest BCUT2D eigenvalue weighted by atomic mass is 9.89. The van der Waals surface area contributed by atoms with Crippen molar-refractivity contribution in [3.8, 4) is 0 Å². The molecule has 0 aromatic carbocycles. The van der Waals surface area contributed by atoms with E-state index in [0.29, 0.717) is 0 Å². The number of aryl methyl sites for hydroxylation is 1. The normalized spacial score (nSPS) is 12.3. The van der Waals surface area contributed by atoms with Gasteiger partial charge < -0.3 is 4.40 Å². The minimum Gasteiger partial charge on any atom is -0.311 e. The van der Waals surface area contributed by atoms with Gasteiger partial charge in [-0.3, -0.25) is 0 Å². The lowest BCUT2D eigenvalue weighted by molar-refractivity contribution is 0.590. The SMILES string of the molecule is Cc1ccc2cc(C(C)(C)C)cn2c1Br. The quantitative estimate of drug-likeness (QED) is 0.626. The first-order valence-electron chi connectivity index (χ1n) is 5.17. The highest BCUT2D eigenvalue weighted by molar-refractivity contribution is 9.10. The molecule has 2 rings (SSSR count). The fourth-order valence-electron chi connectivity index (χ4n) is 1.66. The summed E-state index contributed by atoms with van der Waals surface area (Å²) in [6, 6.07) is 6.56. The number of aromatic nitrogens is 1. The largest absolute Gasteiger partial charge is 0.311 e. The van der Waals surface area contributed by atoms with Crippen LogP contribution in [0.1, 0.15) is 31.9 Å². The Balaban J connectivity index is 2.72. The number of rotatable bonds is 0. The fourth-order valence-corrected chi connectivity index (χ4v) is 2.10. The van der Waals surface area contributed by atoms with Gasteiger partial charge in [0.25, 0.3) is 0 Å². The molecule has 0 amide bonds. The summed E-state index contributed by atoms with van der Waals surface area (Å²) in [5, 5.41) is 0. The predicted octanol–water partition coefficient (Wildman–Crippen LogP) is 4.31. The van der Waals surface area contributed by atoms with E-state index in [1.54, 1.807) is 0 Å². The molecule has 0 aliphatic rings. The molecular weight excluding hydrogens is 250 g/mol. The second-order valence-electron chi connectivity index (χ2n) is 5.08. The van der Waals surface area contributed by atoms with Gasteiger partial charge in [-0.05, 0) is 51.5 Å². The van der Waals surface area contributed by atoms with Crippen LogP contribution in [0.2, 0.25) is 0 Å². The molecule has 0 N–H and O–H groups in total. The summed E-state index contributed by atoms with van der Waals surface area (Å²) in [5.74, 6) is 0. The van der Waals surface area contributed by atoms with E-state index >= 15 is 0 Å². The fraction of sp³-hybridized carbons (Fsp3) is 0.385. The van der Waals surface area contributed by atoms with Crippen LogP contribution < -0.4 is 0 Å². The Kier molecular flexibility index (Phi) is 2.42. The highest BCUT2D eigenvalue weighted by atomic mass is 79.9. The molecule has 1 nitrogen and oxygen atoms in total. The van der Waals surface area contributed by atoms with Crippen LogP contribution in [0.25, 0.3) is 5.52 Å². The lowest BCUT2D eigenvalue weighted by Gasteiger charge is -2.15. The van der Waals surface area contributed by atoms with E-state index in [4.69, 9.17) is 0 Å². The highest BCUT2D eigenvalue weighted by Gasteiger charge is 2.16. The summed E-state index contributed by atoms with van der Waals surface area (Å²) in [6.07, 6.45) is 2.21. The van der Waals surface area contributed by atoms with Gasteiger partial charge in [0.05, 0.1) is 4.60 Å². The zero-order valence-electron chi connectivity index (χ0n) is 9.63. The predicted molar refractivity (Wildman–Crippen MR) is 68.5 cm³/mol. The lowest BCUT2D eigenvalue weighted by Crippen LogP contribution is -2.09. The minimum absolute atomic E-state index is 0.208. The molecule has 15 heavy (non-hydrogen) atoms. The van der Waals surface area contributed by atoms with Crippen molar-refractivity contribution in [1.29, 1.82) is 0 Å². The monoisotopic (exact) mass is 265 g/mol. The van der Waals surface area contributed by atoms with Crippen molar-refractivity contribution in [2.24, 2.45) is 0 Å². The van der Waals surface area contributed by atoms with E-state index in [0.717, 1.165) is 4.60 Å². The molecule has 80 valence electrons. The summed E-state index contributed by atoms with van der Waals surface area (Å²) < 4.78 is 3.35. The standard InChI is InChI=1S/C13H16BrN/c1-9-5-6-11-7-10(13(2,3)4)8-15(11)12(9)14/h5-8H,1-4H3. The van der Waals surface area contributed by atoms with Crippen molar-refractivity contribution < 1.29 is 0 Å². The Hall–Kier alpha value is -0.760. The van der Waals surface area contributed by atoms with Crippen molar-refractivity contribution in [3.63, 3.8) is 0 Å². The number of pyridine rings is 1. The van der Waals surface area contributed by atoms with Gasteiger partial charge in [-0.1, -0.05) is 26.8 Å². The molecule has 0 saturated carbocycles. The van der Waals surface area contributed by atoms with Crippen molar-refractivity contribution >= 4 is 21.4 Å². The Bertz CT molecular complexity index is 503. The molecule has 2 heterocycles. The summed E-state index contributed by atoms with van der Waals surface area (Å²) in [4.78, 5) is 0. The van der Waals surface area contributed by atoms with E-state index in [-0.39, 0.29) is 5.41 Å². The number of hydrogen-bond acceptors (Lipinski definition) is 0. The zero-order valence-corrected chi connectivity index (χ0v) is 11.2. The van der Waals surface area contributed by atoms with Gasteiger partial charge in [0.1, 0.15) is 0 Å². The average molecular weight is 266 g/mol. The Morgan fingerprint density at radius 3 is 2.47 bits per heavy atom. The third-order valence-corrected chi connectivity index (χ3v) is 3.76. The van der Waals surface area contributed by atoms with Crippen molar-refractivity contribution in [3.05, 3.63) is 40.1 Å². The third kappa shape index (κ3) is 1.83. The summed E-state index contributed by atoms with van der Waals surface area (Å²) >= 11 is 3.62. The molecule has 0 spiro atoms. The van der Waals surface area contributed by atoms with Crippen LogP contribution in [-0.2, 0) is 5.41 Å². The molecule has 0 radical (unpaired) electrons. The average Bonchev–Trinajstić information content (AvgIpc) is 2.55. The molecule has 0 unspecified atom stereocenters. The molecule has 0 aliphatic heterocycles. The number of nitrogens with zero attached hydrogens (tertiary/aromatic N) is 1. The zero-order chi connectivity index (χ0) is 11.2. The van der Waals surface area contributed by atoms with Crippen LogP contribution in [0.4, 0.5) is 0 Å². The van der Waals surface area contributed by atoms with Crippen molar-refractivity contribution in [2.75, 3.05) is 0 Å². The second-order valence-corrected chi connectivity index (χ2v) is 5.83. The topological polar surface area (TPSA) is 4.41 Å². The molecule has 0 atom stereocenters. The summed E-state index contributed by atoms with van der Waals surface area (Å²) in [6.45, 7) is 8.83.